The number of benzene rings is 1. The quantitative estimate of drug-likeness (QED) is 0.785. The summed E-state index contributed by atoms with van der Waals surface area (Å²) in [6.45, 7) is 5.67. The summed E-state index contributed by atoms with van der Waals surface area (Å²) >= 11 is 0. The van der Waals surface area contributed by atoms with Gasteiger partial charge in [-0.3, -0.25) is 4.57 Å². The number of aryl methyl sites for hydroxylation is 2. The van der Waals surface area contributed by atoms with Crippen molar-refractivity contribution in [3.63, 3.8) is 0 Å². The molecule has 2 N–H and O–H groups in total. The predicted octanol–water partition coefficient (Wildman–Crippen LogP) is 3.38. The molecule has 5 heteroatoms. The normalized spacial score (nSPS) is 12.8. The molecule has 0 radical (unpaired) electrons. The van der Waals surface area contributed by atoms with Gasteiger partial charge in [0.25, 0.3) is 0 Å². The first-order valence-electron chi connectivity index (χ1n) is 6.83. The van der Waals surface area contributed by atoms with Crippen LogP contribution in [0.2, 0.25) is 0 Å². The molecule has 2 heterocycles. The van der Waals surface area contributed by atoms with E-state index < -0.39 is 0 Å². The average molecular weight is 284 g/mol. The van der Waals surface area contributed by atoms with Gasteiger partial charge in [0.15, 0.2) is 5.65 Å². The molecular formula is C16H17FN4. The Morgan fingerprint density at radius 2 is 2.00 bits per heavy atom. The topological polar surface area (TPSA) is 56.7 Å². The molecule has 1 atom stereocenters. The molecule has 0 aliphatic heterocycles. The maximum Gasteiger partial charge on any atom is 0.203 e. The fourth-order valence-corrected chi connectivity index (χ4v) is 2.50. The molecule has 0 bridgehead atoms. The summed E-state index contributed by atoms with van der Waals surface area (Å²) in [5.74, 6) is 0.169. The molecule has 108 valence electrons. The van der Waals surface area contributed by atoms with E-state index in [0.717, 1.165) is 16.6 Å². The number of imidazole rings is 1. The highest BCUT2D eigenvalue weighted by Gasteiger charge is 2.17. The van der Waals surface area contributed by atoms with Gasteiger partial charge < -0.3 is 5.73 Å². The molecule has 0 aliphatic carbocycles. The summed E-state index contributed by atoms with van der Waals surface area (Å²) in [7, 11) is 0. The maximum atomic E-state index is 13.8. The van der Waals surface area contributed by atoms with Crippen molar-refractivity contribution in [1.29, 1.82) is 0 Å². The summed E-state index contributed by atoms with van der Waals surface area (Å²) < 4.78 is 15.6. The molecule has 0 amide bonds. The van der Waals surface area contributed by atoms with E-state index in [2.05, 4.69) is 9.97 Å². The molecule has 1 aromatic carbocycles. The van der Waals surface area contributed by atoms with E-state index in [4.69, 9.17) is 5.73 Å². The van der Waals surface area contributed by atoms with Crippen molar-refractivity contribution in [2.45, 2.75) is 26.8 Å². The molecule has 4 nitrogen and oxygen atoms in total. The summed E-state index contributed by atoms with van der Waals surface area (Å²) in [5.41, 5.74) is 9.99. The second kappa shape index (κ2) is 4.84. The molecule has 3 rings (SSSR count). The van der Waals surface area contributed by atoms with E-state index in [9.17, 15) is 4.39 Å². The number of pyridine rings is 1. The van der Waals surface area contributed by atoms with Gasteiger partial charge >= 0.3 is 0 Å². The average Bonchev–Trinajstić information content (AvgIpc) is 2.76. The summed E-state index contributed by atoms with van der Waals surface area (Å²) in [6, 6.07) is 7.02. The molecular weight excluding hydrogens is 267 g/mol. The lowest BCUT2D eigenvalue weighted by Crippen LogP contribution is -2.11. The molecule has 0 aliphatic rings. The number of nitrogens with zero attached hydrogens (tertiary/aromatic N) is 3. The Bertz CT molecular complexity index is 823. The van der Waals surface area contributed by atoms with Crippen LogP contribution in [-0.2, 0) is 0 Å². The van der Waals surface area contributed by atoms with E-state index >= 15 is 0 Å². The van der Waals surface area contributed by atoms with E-state index in [-0.39, 0.29) is 11.9 Å². The van der Waals surface area contributed by atoms with Crippen LogP contribution >= 0.6 is 0 Å². The van der Waals surface area contributed by atoms with Gasteiger partial charge in [-0.2, -0.15) is 0 Å². The van der Waals surface area contributed by atoms with Crippen molar-refractivity contribution >= 4 is 17.1 Å². The number of halogens is 1. The second-order valence-electron chi connectivity index (χ2n) is 5.38. The number of hydrogen-bond donors (Lipinski definition) is 1. The lowest BCUT2D eigenvalue weighted by atomic mass is 10.1. The highest BCUT2D eigenvalue weighted by atomic mass is 19.1. The molecule has 0 fully saturated rings. The number of fused-ring (bicyclic) bond motifs is 1. The van der Waals surface area contributed by atoms with Crippen LogP contribution in [0.1, 0.15) is 29.7 Å². The van der Waals surface area contributed by atoms with Gasteiger partial charge in [0.05, 0.1) is 6.04 Å². The third-order valence-corrected chi connectivity index (χ3v) is 3.76. The third kappa shape index (κ3) is 2.24. The van der Waals surface area contributed by atoms with Crippen LogP contribution in [0.4, 0.5) is 10.3 Å². The van der Waals surface area contributed by atoms with E-state index in [1.165, 1.54) is 0 Å². The van der Waals surface area contributed by atoms with Crippen LogP contribution in [0.5, 0.6) is 0 Å². The van der Waals surface area contributed by atoms with Crippen molar-refractivity contribution in [1.82, 2.24) is 14.5 Å². The Hall–Kier alpha value is -2.43. The largest absolute Gasteiger partial charge is 0.369 e. The first-order valence-corrected chi connectivity index (χ1v) is 6.83. The smallest absolute Gasteiger partial charge is 0.203 e. The lowest BCUT2D eigenvalue weighted by Gasteiger charge is -2.16. The minimum absolute atomic E-state index is 0.139. The van der Waals surface area contributed by atoms with Crippen molar-refractivity contribution in [2.75, 3.05) is 5.73 Å². The minimum atomic E-state index is -0.217. The fourth-order valence-electron chi connectivity index (χ4n) is 2.50. The Labute approximate surface area is 122 Å². The zero-order chi connectivity index (χ0) is 15.1. The SMILES string of the molecule is Cc1cnc2c(c1)nc(N)n2C(C)c1ccc(C)c(F)c1. The van der Waals surface area contributed by atoms with E-state index in [0.29, 0.717) is 17.2 Å². The van der Waals surface area contributed by atoms with Crippen molar-refractivity contribution < 1.29 is 4.39 Å². The number of hydrogen-bond acceptors (Lipinski definition) is 3. The molecule has 1 unspecified atom stereocenters. The van der Waals surface area contributed by atoms with E-state index in [1.54, 1.807) is 25.3 Å². The highest BCUT2D eigenvalue weighted by molar-refractivity contribution is 5.75. The minimum Gasteiger partial charge on any atom is -0.369 e. The Kier molecular flexibility index (Phi) is 3.12. The van der Waals surface area contributed by atoms with Gasteiger partial charge in [0, 0.05) is 6.20 Å². The number of nitrogens with two attached hydrogens (primary N) is 1. The molecule has 0 saturated carbocycles. The third-order valence-electron chi connectivity index (χ3n) is 3.76. The molecule has 0 spiro atoms. The highest BCUT2D eigenvalue weighted by Crippen LogP contribution is 2.27. The van der Waals surface area contributed by atoms with Gasteiger partial charge in [-0.1, -0.05) is 12.1 Å². The van der Waals surface area contributed by atoms with Gasteiger partial charge in [-0.05, 0) is 49.6 Å². The summed E-state index contributed by atoms with van der Waals surface area (Å²) in [6.07, 6.45) is 1.78. The van der Waals surface area contributed by atoms with Crippen LogP contribution in [0.25, 0.3) is 11.2 Å². The van der Waals surface area contributed by atoms with Crippen LogP contribution in [0, 0.1) is 19.7 Å². The first kappa shape index (κ1) is 13.5. The number of nitrogen functional groups attached to an aromatic ring is 1. The van der Waals surface area contributed by atoms with Crippen molar-refractivity contribution in [3.05, 3.63) is 53.0 Å². The van der Waals surface area contributed by atoms with Crippen LogP contribution in [0.15, 0.2) is 30.5 Å². The van der Waals surface area contributed by atoms with Crippen LogP contribution < -0.4 is 5.73 Å². The number of rotatable bonds is 2. The van der Waals surface area contributed by atoms with Crippen molar-refractivity contribution in [2.24, 2.45) is 0 Å². The standard InChI is InChI=1S/C16H17FN4/c1-9-6-14-15(19-8-9)21(16(18)20-14)11(3)12-5-4-10(2)13(17)7-12/h4-8,11H,1-3H3,(H2,18,20). The zero-order valence-corrected chi connectivity index (χ0v) is 12.3. The van der Waals surface area contributed by atoms with Crippen molar-refractivity contribution in [3.8, 4) is 0 Å². The zero-order valence-electron chi connectivity index (χ0n) is 12.3. The lowest BCUT2D eigenvalue weighted by molar-refractivity contribution is 0.603. The monoisotopic (exact) mass is 284 g/mol. The molecule has 2 aromatic heterocycles. The summed E-state index contributed by atoms with van der Waals surface area (Å²) in [4.78, 5) is 8.76. The predicted molar refractivity (Wildman–Crippen MR) is 81.6 cm³/mol. The van der Waals surface area contributed by atoms with Gasteiger partial charge in [-0.15, -0.1) is 0 Å². The Balaban J connectivity index is 2.14. The Morgan fingerprint density at radius 3 is 2.71 bits per heavy atom. The van der Waals surface area contributed by atoms with Gasteiger partial charge in [0.2, 0.25) is 5.95 Å². The van der Waals surface area contributed by atoms with E-state index in [1.807, 2.05) is 30.5 Å². The van der Waals surface area contributed by atoms with Crippen LogP contribution in [-0.4, -0.2) is 14.5 Å². The summed E-state index contributed by atoms with van der Waals surface area (Å²) in [5, 5.41) is 0. The Morgan fingerprint density at radius 1 is 1.24 bits per heavy atom. The second-order valence-corrected chi connectivity index (χ2v) is 5.38. The van der Waals surface area contributed by atoms with Gasteiger partial charge in [-0.25, -0.2) is 14.4 Å². The number of aromatic nitrogens is 3. The van der Waals surface area contributed by atoms with Gasteiger partial charge in [0.1, 0.15) is 11.3 Å². The van der Waals surface area contributed by atoms with Crippen LogP contribution in [0.3, 0.4) is 0 Å². The molecule has 21 heavy (non-hydrogen) atoms. The fraction of sp³-hybridized carbons (Fsp3) is 0.250. The molecule has 3 aromatic rings. The maximum absolute atomic E-state index is 13.8. The number of anilines is 1. The first-order chi connectivity index (χ1) is 9.97. The molecule has 0 saturated heterocycles.